The molecule has 0 saturated carbocycles. The second kappa shape index (κ2) is 7.07. The van der Waals surface area contributed by atoms with Crippen LogP contribution in [0.25, 0.3) is 22.0 Å². The molecule has 0 unspecified atom stereocenters. The topological polar surface area (TPSA) is 72.7 Å². The van der Waals surface area contributed by atoms with E-state index in [2.05, 4.69) is 20.4 Å². The van der Waals surface area contributed by atoms with E-state index >= 15 is 0 Å². The van der Waals surface area contributed by atoms with Gasteiger partial charge in [0.1, 0.15) is 17.7 Å². The Bertz CT molecular complexity index is 1070. The number of thiazole rings is 1. The average Bonchev–Trinajstić information content (AvgIpc) is 3.29. The van der Waals surface area contributed by atoms with E-state index in [0.717, 1.165) is 15.2 Å². The van der Waals surface area contributed by atoms with Gasteiger partial charge in [0.05, 0.1) is 21.6 Å². The van der Waals surface area contributed by atoms with Crippen molar-refractivity contribution in [1.29, 1.82) is 0 Å². The van der Waals surface area contributed by atoms with Crippen LogP contribution in [-0.2, 0) is 4.79 Å². The molecule has 2 aromatic heterocycles. The first-order chi connectivity index (χ1) is 12.7. The maximum absolute atomic E-state index is 12.3. The number of rotatable bonds is 4. The largest absolute Gasteiger partial charge is 0.321 e. The molecular weight excluding hydrogens is 370 g/mol. The highest BCUT2D eigenvalue weighted by Gasteiger charge is 2.09. The van der Waals surface area contributed by atoms with Gasteiger partial charge >= 0.3 is 0 Å². The van der Waals surface area contributed by atoms with Gasteiger partial charge in [0.15, 0.2) is 0 Å². The van der Waals surface area contributed by atoms with Crippen LogP contribution in [0.5, 0.6) is 0 Å². The number of benzene rings is 2. The first-order valence-corrected chi connectivity index (χ1v) is 8.88. The molecule has 4 rings (SSSR count). The van der Waals surface area contributed by atoms with Crippen molar-refractivity contribution >= 4 is 50.8 Å². The minimum absolute atomic E-state index is 0.284. The molecule has 0 saturated heterocycles. The molecule has 0 aliphatic carbocycles. The third-order valence-corrected chi connectivity index (χ3v) is 4.81. The fourth-order valence-corrected chi connectivity index (χ4v) is 3.47. The molecule has 0 spiro atoms. The van der Waals surface area contributed by atoms with Gasteiger partial charge in [0.25, 0.3) is 0 Å². The summed E-state index contributed by atoms with van der Waals surface area (Å²) >= 11 is 7.58. The van der Waals surface area contributed by atoms with Crippen LogP contribution in [0.15, 0.2) is 61.2 Å². The van der Waals surface area contributed by atoms with Crippen LogP contribution in [0.3, 0.4) is 0 Å². The smallest absolute Gasteiger partial charge is 0.248 e. The SMILES string of the molecule is O=C(/C=C/c1nc2ccccc2s1)Nc1cc(Cl)ccc1-n1cncn1. The third kappa shape index (κ3) is 3.49. The Balaban J connectivity index is 1.55. The summed E-state index contributed by atoms with van der Waals surface area (Å²) in [4.78, 5) is 20.7. The third-order valence-electron chi connectivity index (χ3n) is 3.57. The molecule has 128 valence electrons. The minimum atomic E-state index is -0.284. The fraction of sp³-hybridized carbons (Fsp3) is 0. The van der Waals surface area contributed by atoms with Crippen molar-refractivity contribution in [2.45, 2.75) is 0 Å². The Hall–Kier alpha value is -3.03. The monoisotopic (exact) mass is 381 g/mol. The maximum atomic E-state index is 12.3. The first-order valence-electron chi connectivity index (χ1n) is 7.68. The van der Waals surface area contributed by atoms with Crippen LogP contribution in [-0.4, -0.2) is 25.7 Å². The normalized spacial score (nSPS) is 11.3. The molecule has 8 heteroatoms. The zero-order valence-electron chi connectivity index (χ0n) is 13.3. The summed E-state index contributed by atoms with van der Waals surface area (Å²) in [6.07, 6.45) is 6.12. The number of carbonyl (C=O) groups is 1. The standard InChI is InChI=1S/C18H12ClN5OS/c19-12-5-6-15(24-11-20-10-21-24)14(9-12)22-17(25)7-8-18-23-13-3-1-2-4-16(13)26-18/h1-11H,(H,22,25)/b8-7+. The van der Waals surface area contributed by atoms with Gasteiger partial charge in [-0.3, -0.25) is 4.79 Å². The lowest BCUT2D eigenvalue weighted by molar-refractivity contribution is -0.111. The number of aromatic nitrogens is 4. The number of amides is 1. The lowest BCUT2D eigenvalue weighted by atomic mass is 10.2. The van der Waals surface area contributed by atoms with Gasteiger partial charge in [0.2, 0.25) is 5.91 Å². The van der Waals surface area contributed by atoms with Crippen molar-refractivity contribution in [1.82, 2.24) is 19.7 Å². The molecule has 1 N–H and O–H groups in total. The number of para-hydroxylation sites is 1. The Kier molecular flexibility index (Phi) is 4.47. The molecule has 1 amide bonds. The Labute approximate surface area is 157 Å². The molecule has 2 aromatic carbocycles. The number of fused-ring (bicyclic) bond motifs is 1. The van der Waals surface area contributed by atoms with E-state index in [1.165, 1.54) is 23.7 Å². The summed E-state index contributed by atoms with van der Waals surface area (Å²) in [7, 11) is 0. The molecule has 0 aliphatic heterocycles. The Morgan fingerprint density at radius 1 is 1.23 bits per heavy atom. The maximum Gasteiger partial charge on any atom is 0.248 e. The second-order valence-corrected chi connectivity index (χ2v) is 6.84. The van der Waals surface area contributed by atoms with E-state index in [9.17, 15) is 4.79 Å². The molecule has 0 fully saturated rings. The van der Waals surface area contributed by atoms with Crippen LogP contribution in [0, 0.1) is 0 Å². The second-order valence-electron chi connectivity index (χ2n) is 5.34. The zero-order valence-corrected chi connectivity index (χ0v) is 14.9. The molecule has 6 nitrogen and oxygen atoms in total. The van der Waals surface area contributed by atoms with Crippen molar-refractivity contribution in [3.63, 3.8) is 0 Å². The fourth-order valence-electron chi connectivity index (χ4n) is 2.42. The predicted molar refractivity (Wildman–Crippen MR) is 104 cm³/mol. The lowest BCUT2D eigenvalue weighted by Crippen LogP contribution is -2.11. The number of carbonyl (C=O) groups excluding carboxylic acids is 1. The minimum Gasteiger partial charge on any atom is -0.321 e. The molecule has 0 bridgehead atoms. The first kappa shape index (κ1) is 16.4. The molecular formula is C18H12ClN5OS. The van der Waals surface area contributed by atoms with E-state index in [-0.39, 0.29) is 5.91 Å². The summed E-state index contributed by atoms with van der Waals surface area (Å²) in [6.45, 7) is 0. The molecule has 0 atom stereocenters. The lowest BCUT2D eigenvalue weighted by Gasteiger charge is -2.09. The van der Waals surface area contributed by atoms with Crippen molar-refractivity contribution in [3.05, 3.63) is 71.2 Å². The summed E-state index contributed by atoms with van der Waals surface area (Å²) in [5.74, 6) is -0.284. The molecule has 0 radical (unpaired) electrons. The van der Waals surface area contributed by atoms with Crippen molar-refractivity contribution in [3.8, 4) is 5.69 Å². The van der Waals surface area contributed by atoms with E-state index in [4.69, 9.17) is 11.6 Å². The highest BCUT2D eigenvalue weighted by molar-refractivity contribution is 7.19. The van der Waals surface area contributed by atoms with Gasteiger partial charge < -0.3 is 5.32 Å². The molecule has 2 heterocycles. The van der Waals surface area contributed by atoms with Crippen LogP contribution in [0.4, 0.5) is 5.69 Å². The van der Waals surface area contributed by atoms with Crippen molar-refractivity contribution in [2.75, 3.05) is 5.32 Å². The van der Waals surface area contributed by atoms with Crippen LogP contribution in [0.2, 0.25) is 5.02 Å². The van der Waals surface area contributed by atoms with Gasteiger partial charge in [-0.25, -0.2) is 14.6 Å². The van der Waals surface area contributed by atoms with Crippen LogP contribution in [0.1, 0.15) is 5.01 Å². The number of hydrogen-bond acceptors (Lipinski definition) is 5. The summed E-state index contributed by atoms with van der Waals surface area (Å²) in [5, 5.41) is 8.19. The van der Waals surface area contributed by atoms with E-state index in [0.29, 0.717) is 16.4 Å². The highest BCUT2D eigenvalue weighted by atomic mass is 35.5. The number of nitrogens with one attached hydrogen (secondary N) is 1. The van der Waals surface area contributed by atoms with Crippen LogP contribution >= 0.6 is 22.9 Å². The van der Waals surface area contributed by atoms with E-state index in [1.807, 2.05) is 24.3 Å². The van der Waals surface area contributed by atoms with Gasteiger partial charge in [-0.2, -0.15) is 5.10 Å². The zero-order chi connectivity index (χ0) is 17.9. The number of nitrogens with zero attached hydrogens (tertiary/aromatic N) is 4. The van der Waals surface area contributed by atoms with Crippen molar-refractivity contribution in [2.24, 2.45) is 0 Å². The number of halogens is 1. The van der Waals surface area contributed by atoms with Gasteiger partial charge in [-0.15, -0.1) is 11.3 Å². The Morgan fingerprint density at radius 3 is 2.92 bits per heavy atom. The highest BCUT2D eigenvalue weighted by Crippen LogP contribution is 2.25. The quantitative estimate of drug-likeness (QED) is 0.538. The van der Waals surface area contributed by atoms with Crippen molar-refractivity contribution < 1.29 is 4.79 Å². The van der Waals surface area contributed by atoms with Gasteiger partial charge in [-0.05, 0) is 36.4 Å². The molecule has 0 aliphatic rings. The predicted octanol–water partition coefficient (Wildman–Crippen LogP) is 4.18. The van der Waals surface area contributed by atoms with Gasteiger partial charge in [-0.1, -0.05) is 23.7 Å². The molecule has 26 heavy (non-hydrogen) atoms. The summed E-state index contributed by atoms with van der Waals surface area (Å²) in [6, 6.07) is 13.0. The summed E-state index contributed by atoms with van der Waals surface area (Å²) < 4.78 is 2.64. The number of anilines is 1. The molecule has 4 aromatic rings. The number of hydrogen-bond donors (Lipinski definition) is 1. The summed E-state index contributed by atoms with van der Waals surface area (Å²) in [5.41, 5.74) is 2.14. The van der Waals surface area contributed by atoms with Gasteiger partial charge in [0, 0.05) is 11.1 Å². The Morgan fingerprint density at radius 2 is 2.12 bits per heavy atom. The average molecular weight is 382 g/mol. The van der Waals surface area contributed by atoms with E-state index in [1.54, 1.807) is 35.3 Å². The van der Waals surface area contributed by atoms with Crippen LogP contribution < -0.4 is 5.32 Å². The van der Waals surface area contributed by atoms with E-state index < -0.39 is 0 Å².